The van der Waals surface area contributed by atoms with Crippen LogP contribution in [0.25, 0.3) is 0 Å². The third-order valence-corrected chi connectivity index (χ3v) is 3.64. The minimum atomic E-state index is -4.30. The lowest BCUT2D eigenvalue weighted by Crippen LogP contribution is -2.21. The Balaban J connectivity index is 2.85. The lowest BCUT2D eigenvalue weighted by Gasteiger charge is -2.22. The van der Waals surface area contributed by atoms with Crippen molar-refractivity contribution in [3.05, 3.63) is 28.2 Å². The van der Waals surface area contributed by atoms with Gasteiger partial charge in [-0.1, -0.05) is 22.9 Å². The maximum Gasteiger partial charge on any atom is 0.416 e. The number of benzene rings is 1. The van der Waals surface area contributed by atoms with Crippen LogP contribution in [-0.2, 0) is 6.18 Å². The average Bonchev–Trinajstić information content (AvgIpc) is 2.24. The molecular weight excluding hydrogens is 375 g/mol. The van der Waals surface area contributed by atoms with Gasteiger partial charge in [-0.25, -0.2) is 0 Å². The van der Waals surface area contributed by atoms with E-state index in [1.807, 2.05) is 18.9 Å². The molecule has 1 atom stereocenters. The molecule has 0 saturated heterocycles. The Morgan fingerprint density at radius 2 is 1.94 bits per heavy atom. The van der Waals surface area contributed by atoms with Crippen molar-refractivity contribution in [2.24, 2.45) is 0 Å². The second-order valence-corrected chi connectivity index (χ2v) is 6.57. The van der Waals surface area contributed by atoms with Crippen LogP contribution in [0.1, 0.15) is 18.9 Å². The summed E-state index contributed by atoms with van der Waals surface area (Å²) in [6.07, 6.45) is -3.38. The maximum atomic E-state index is 12.5. The van der Waals surface area contributed by atoms with E-state index in [0.29, 0.717) is 9.30 Å². The number of hydrogen-bond acceptors (Lipinski definition) is 1. The molecule has 0 aliphatic rings. The number of rotatable bonds is 4. The van der Waals surface area contributed by atoms with Gasteiger partial charge in [-0.2, -0.15) is 13.2 Å². The van der Waals surface area contributed by atoms with E-state index in [9.17, 15) is 13.2 Å². The van der Waals surface area contributed by atoms with Gasteiger partial charge in [0.25, 0.3) is 0 Å². The molecule has 0 bridgehead atoms. The van der Waals surface area contributed by atoms with E-state index >= 15 is 0 Å². The van der Waals surface area contributed by atoms with Crippen molar-refractivity contribution in [3.8, 4) is 0 Å². The van der Waals surface area contributed by atoms with Crippen LogP contribution in [0.15, 0.2) is 22.7 Å². The van der Waals surface area contributed by atoms with E-state index in [0.717, 1.165) is 30.8 Å². The zero-order valence-corrected chi connectivity index (χ0v) is 13.2. The summed E-state index contributed by atoms with van der Waals surface area (Å²) < 4.78 is 38.0. The molecule has 1 rings (SSSR count). The lowest BCUT2D eigenvalue weighted by molar-refractivity contribution is -0.137. The molecule has 0 aliphatic carbocycles. The predicted octanol–water partition coefficient (Wildman–Crippen LogP) is 5.08. The van der Waals surface area contributed by atoms with Crippen LogP contribution in [0.4, 0.5) is 18.9 Å². The largest absolute Gasteiger partial charge is 0.416 e. The highest BCUT2D eigenvalue weighted by Crippen LogP contribution is 2.35. The quantitative estimate of drug-likeness (QED) is 0.650. The van der Waals surface area contributed by atoms with Gasteiger partial charge in [-0.05, 0) is 40.5 Å². The molecule has 1 nitrogen and oxygen atoms in total. The van der Waals surface area contributed by atoms with E-state index in [4.69, 9.17) is 0 Å². The molecule has 1 aromatic carbocycles. The first-order valence-corrected chi connectivity index (χ1v) is 7.14. The molecular formula is C12H14Br2F3N. The van der Waals surface area contributed by atoms with Crippen molar-refractivity contribution in [2.45, 2.75) is 24.3 Å². The molecule has 0 fully saturated rings. The summed E-state index contributed by atoms with van der Waals surface area (Å²) in [6, 6.07) is 3.71. The predicted molar refractivity (Wildman–Crippen MR) is 75.4 cm³/mol. The minimum Gasteiger partial charge on any atom is -0.374 e. The number of hydrogen-bond donors (Lipinski definition) is 0. The molecule has 0 aliphatic heterocycles. The van der Waals surface area contributed by atoms with Crippen molar-refractivity contribution in [1.29, 1.82) is 0 Å². The van der Waals surface area contributed by atoms with Crippen molar-refractivity contribution in [3.63, 3.8) is 0 Å². The van der Waals surface area contributed by atoms with Gasteiger partial charge >= 0.3 is 6.18 Å². The van der Waals surface area contributed by atoms with Gasteiger partial charge in [-0.3, -0.25) is 0 Å². The van der Waals surface area contributed by atoms with Crippen LogP contribution in [0, 0.1) is 0 Å². The molecule has 1 unspecified atom stereocenters. The Hall–Kier alpha value is -0.230. The first kappa shape index (κ1) is 15.8. The van der Waals surface area contributed by atoms with Gasteiger partial charge in [0.15, 0.2) is 0 Å². The first-order chi connectivity index (χ1) is 8.21. The summed E-state index contributed by atoms with van der Waals surface area (Å²) in [5.41, 5.74) is 0.122. The number of alkyl halides is 4. The van der Waals surface area contributed by atoms with Gasteiger partial charge in [0.1, 0.15) is 0 Å². The second kappa shape index (κ2) is 6.28. The SMILES string of the molecule is CC(Br)CCN(C)c1ccc(C(F)(F)F)cc1Br. The summed E-state index contributed by atoms with van der Waals surface area (Å²) in [5.74, 6) is 0. The van der Waals surface area contributed by atoms with E-state index in [1.165, 1.54) is 6.07 Å². The van der Waals surface area contributed by atoms with Crippen LogP contribution in [-0.4, -0.2) is 18.4 Å². The summed E-state index contributed by atoms with van der Waals surface area (Å²) in [6.45, 7) is 2.81. The normalized spacial score (nSPS) is 13.5. The van der Waals surface area contributed by atoms with Gasteiger partial charge in [0, 0.05) is 22.9 Å². The molecule has 18 heavy (non-hydrogen) atoms. The highest BCUT2D eigenvalue weighted by atomic mass is 79.9. The molecule has 0 amide bonds. The summed E-state index contributed by atoms with van der Waals surface area (Å²) in [4.78, 5) is 2.32. The van der Waals surface area contributed by atoms with Crippen LogP contribution in [0.3, 0.4) is 0 Å². The third kappa shape index (κ3) is 4.46. The highest BCUT2D eigenvalue weighted by Gasteiger charge is 2.31. The molecule has 0 radical (unpaired) electrons. The van der Waals surface area contributed by atoms with Gasteiger partial charge in [-0.15, -0.1) is 0 Å². The number of anilines is 1. The second-order valence-electron chi connectivity index (χ2n) is 4.15. The topological polar surface area (TPSA) is 3.24 Å². The Morgan fingerprint density at radius 1 is 1.33 bits per heavy atom. The van der Waals surface area contributed by atoms with Crippen molar-refractivity contribution in [1.82, 2.24) is 0 Å². The Kier molecular flexibility index (Phi) is 5.52. The fraction of sp³-hybridized carbons (Fsp3) is 0.500. The van der Waals surface area contributed by atoms with Crippen molar-refractivity contribution >= 4 is 37.5 Å². The molecule has 102 valence electrons. The Bertz CT molecular complexity index is 405. The van der Waals surface area contributed by atoms with Crippen LogP contribution in [0.2, 0.25) is 0 Å². The number of halogens is 5. The van der Waals surface area contributed by atoms with Crippen molar-refractivity contribution in [2.75, 3.05) is 18.5 Å². The minimum absolute atomic E-state index is 0.383. The maximum absolute atomic E-state index is 12.5. The highest BCUT2D eigenvalue weighted by molar-refractivity contribution is 9.10. The molecule has 0 heterocycles. The Morgan fingerprint density at radius 3 is 2.39 bits per heavy atom. The monoisotopic (exact) mass is 387 g/mol. The van der Waals surface area contributed by atoms with E-state index in [1.54, 1.807) is 0 Å². The molecule has 0 spiro atoms. The fourth-order valence-electron chi connectivity index (χ4n) is 1.48. The van der Waals surface area contributed by atoms with Gasteiger partial charge in [0.05, 0.1) is 11.3 Å². The standard InChI is InChI=1S/C12H14Br2F3N/c1-8(13)5-6-18(2)11-4-3-9(7-10(11)14)12(15,16)17/h3-4,7-8H,5-6H2,1-2H3. The van der Waals surface area contributed by atoms with E-state index in [2.05, 4.69) is 31.9 Å². The third-order valence-electron chi connectivity index (χ3n) is 2.55. The Labute approximate surface area is 122 Å². The zero-order valence-electron chi connectivity index (χ0n) is 10.1. The molecule has 6 heteroatoms. The van der Waals surface area contributed by atoms with E-state index < -0.39 is 11.7 Å². The molecule has 0 aromatic heterocycles. The van der Waals surface area contributed by atoms with Crippen molar-refractivity contribution < 1.29 is 13.2 Å². The fourth-order valence-corrected chi connectivity index (χ4v) is 2.37. The number of nitrogens with zero attached hydrogens (tertiary/aromatic N) is 1. The molecule has 0 saturated carbocycles. The van der Waals surface area contributed by atoms with Gasteiger partial charge in [0.2, 0.25) is 0 Å². The zero-order chi connectivity index (χ0) is 13.9. The average molecular weight is 389 g/mol. The van der Waals surface area contributed by atoms with Crippen LogP contribution in [0.5, 0.6) is 0 Å². The van der Waals surface area contributed by atoms with Gasteiger partial charge < -0.3 is 4.90 Å². The van der Waals surface area contributed by atoms with Crippen LogP contribution < -0.4 is 4.90 Å². The lowest BCUT2D eigenvalue weighted by atomic mass is 10.2. The molecule has 0 N–H and O–H groups in total. The van der Waals surface area contributed by atoms with Crippen LogP contribution >= 0.6 is 31.9 Å². The van der Waals surface area contributed by atoms with E-state index in [-0.39, 0.29) is 0 Å². The summed E-state index contributed by atoms with van der Waals surface area (Å²) in [5, 5.41) is 0. The first-order valence-electron chi connectivity index (χ1n) is 5.43. The smallest absolute Gasteiger partial charge is 0.374 e. The summed E-state index contributed by atoms with van der Waals surface area (Å²) >= 11 is 6.64. The molecule has 1 aromatic rings. The summed E-state index contributed by atoms with van der Waals surface area (Å²) in [7, 11) is 1.86.